The van der Waals surface area contributed by atoms with Gasteiger partial charge in [-0.05, 0) is 43.2 Å². The van der Waals surface area contributed by atoms with Crippen molar-refractivity contribution in [3.8, 4) is 0 Å². The number of nitrogens with one attached hydrogen (secondary N) is 1. The molecule has 0 radical (unpaired) electrons. The van der Waals surface area contributed by atoms with Crippen molar-refractivity contribution in [3.05, 3.63) is 64.1 Å². The van der Waals surface area contributed by atoms with E-state index in [0.29, 0.717) is 6.42 Å². The van der Waals surface area contributed by atoms with Gasteiger partial charge in [0.05, 0.1) is 0 Å². The Morgan fingerprint density at radius 1 is 1.24 bits per heavy atom. The van der Waals surface area contributed by atoms with Gasteiger partial charge < -0.3 is 10.4 Å². The van der Waals surface area contributed by atoms with E-state index in [2.05, 4.69) is 21.2 Å². The van der Waals surface area contributed by atoms with E-state index in [1.807, 2.05) is 55.5 Å². The molecule has 110 valence electrons. The molecule has 0 aliphatic carbocycles. The number of benzene rings is 2. The van der Waals surface area contributed by atoms with Crippen LogP contribution in [0.25, 0.3) is 0 Å². The molecule has 4 heteroatoms. The summed E-state index contributed by atoms with van der Waals surface area (Å²) >= 11 is 3.41. The lowest BCUT2D eigenvalue weighted by Crippen LogP contribution is -2.45. The molecular weight excluding hydrogens is 330 g/mol. The van der Waals surface area contributed by atoms with Crippen molar-refractivity contribution in [2.75, 3.05) is 5.32 Å². The second kappa shape index (κ2) is 6.31. The van der Waals surface area contributed by atoms with E-state index in [1.165, 1.54) is 0 Å². The largest absolute Gasteiger partial charge is 0.480 e. The van der Waals surface area contributed by atoms with Gasteiger partial charge >= 0.3 is 5.97 Å². The molecule has 1 atom stereocenters. The fourth-order valence-corrected chi connectivity index (χ4v) is 2.72. The number of carboxylic acid groups (broad SMARTS) is 1. The SMILES string of the molecule is Cc1cc(Br)ccc1NC(C)(Cc1ccccc1)C(=O)O. The molecule has 0 amide bonds. The average molecular weight is 348 g/mol. The lowest BCUT2D eigenvalue weighted by atomic mass is 9.92. The number of aryl methyl sites for hydroxylation is 1. The third-order valence-corrected chi connectivity index (χ3v) is 3.96. The zero-order valence-corrected chi connectivity index (χ0v) is 13.6. The maximum Gasteiger partial charge on any atom is 0.329 e. The normalized spacial score (nSPS) is 13.5. The van der Waals surface area contributed by atoms with E-state index in [4.69, 9.17) is 0 Å². The first-order chi connectivity index (χ1) is 9.90. The lowest BCUT2D eigenvalue weighted by Gasteiger charge is -2.28. The molecule has 2 aromatic carbocycles. The molecular formula is C17H18BrNO2. The van der Waals surface area contributed by atoms with Crippen LogP contribution in [0.2, 0.25) is 0 Å². The molecule has 2 aromatic rings. The molecule has 0 aliphatic heterocycles. The maximum absolute atomic E-state index is 11.7. The number of hydrogen-bond acceptors (Lipinski definition) is 2. The first-order valence-corrected chi connectivity index (χ1v) is 7.52. The maximum atomic E-state index is 11.7. The number of carbonyl (C=O) groups is 1. The molecule has 0 heterocycles. The fourth-order valence-electron chi connectivity index (χ4n) is 2.24. The second-order valence-corrected chi connectivity index (χ2v) is 6.30. The van der Waals surface area contributed by atoms with Crippen molar-refractivity contribution in [1.29, 1.82) is 0 Å². The Morgan fingerprint density at radius 3 is 2.48 bits per heavy atom. The van der Waals surface area contributed by atoms with Gasteiger partial charge in [0.25, 0.3) is 0 Å². The zero-order chi connectivity index (χ0) is 15.5. The van der Waals surface area contributed by atoms with Gasteiger partial charge in [-0.2, -0.15) is 0 Å². The lowest BCUT2D eigenvalue weighted by molar-refractivity contribution is -0.141. The summed E-state index contributed by atoms with van der Waals surface area (Å²) in [5.41, 5.74) is 1.77. The molecule has 2 rings (SSSR count). The van der Waals surface area contributed by atoms with Gasteiger partial charge in [-0.1, -0.05) is 46.3 Å². The van der Waals surface area contributed by atoms with Crippen molar-refractivity contribution in [2.45, 2.75) is 25.8 Å². The highest BCUT2D eigenvalue weighted by molar-refractivity contribution is 9.10. The number of aliphatic carboxylic acids is 1. The Morgan fingerprint density at radius 2 is 1.90 bits per heavy atom. The van der Waals surface area contributed by atoms with Gasteiger partial charge in [-0.15, -0.1) is 0 Å². The Balaban J connectivity index is 2.28. The van der Waals surface area contributed by atoms with E-state index < -0.39 is 11.5 Å². The van der Waals surface area contributed by atoms with Crippen molar-refractivity contribution in [1.82, 2.24) is 0 Å². The van der Waals surface area contributed by atoms with Crippen LogP contribution in [0.15, 0.2) is 53.0 Å². The predicted octanol–water partition coefficient (Wildman–Crippen LogP) is 4.26. The summed E-state index contributed by atoms with van der Waals surface area (Å²) in [6, 6.07) is 15.4. The van der Waals surface area contributed by atoms with E-state index >= 15 is 0 Å². The Kier molecular flexibility index (Phi) is 4.68. The standard InChI is InChI=1S/C17H18BrNO2/c1-12-10-14(18)8-9-15(12)19-17(2,16(20)21)11-13-6-4-3-5-7-13/h3-10,19H,11H2,1-2H3,(H,20,21). The van der Waals surface area contributed by atoms with Gasteiger partial charge in [-0.25, -0.2) is 4.79 Å². The summed E-state index contributed by atoms with van der Waals surface area (Å²) in [4.78, 5) is 11.7. The summed E-state index contributed by atoms with van der Waals surface area (Å²) in [6.07, 6.45) is 0.415. The van der Waals surface area contributed by atoms with Crippen LogP contribution in [-0.2, 0) is 11.2 Å². The van der Waals surface area contributed by atoms with Crippen molar-refractivity contribution in [2.24, 2.45) is 0 Å². The smallest absolute Gasteiger partial charge is 0.329 e. The topological polar surface area (TPSA) is 49.3 Å². The Hall–Kier alpha value is -1.81. The van der Waals surface area contributed by atoms with Crippen LogP contribution in [-0.4, -0.2) is 16.6 Å². The van der Waals surface area contributed by atoms with E-state index in [0.717, 1.165) is 21.3 Å². The van der Waals surface area contributed by atoms with Crippen molar-refractivity contribution < 1.29 is 9.90 Å². The molecule has 21 heavy (non-hydrogen) atoms. The highest BCUT2D eigenvalue weighted by Gasteiger charge is 2.33. The minimum Gasteiger partial charge on any atom is -0.480 e. The van der Waals surface area contributed by atoms with E-state index in [1.54, 1.807) is 6.92 Å². The monoisotopic (exact) mass is 347 g/mol. The summed E-state index contributed by atoms with van der Waals surface area (Å²) in [7, 11) is 0. The van der Waals surface area contributed by atoms with Gasteiger partial charge in [0.2, 0.25) is 0 Å². The molecule has 0 aliphatic rings. The summed E-state index contributed by atoms with van der Waals surface area (Å²) in [6.45, 7) is 3.67. The first kappa shape index (κ1) is 15.6. The molecule has 0 fully saturated rings. The predicted molar refractivity (Wildman–Crippen MR) is 88.7 cm³/mol. The van der Waals surface area contributed by atoms with Crippen LogP contribution in [0.1, 0.15) is 18.1 Å². The number of rotatable bonds is 5. The molecule has 0 bridgehead atoms. The molecule has 1 unspecified atom stereocenters. The van der Waals surface area contributed by atoms with Gasteiger partial charge in [0, 0.05) is 16.6 Å². The quantitative estimate of drug-likeness (QED) is 0.849. The number of carboxylic acids is 1. The molecule has 3 nitrogen and oxygen atoms in total. The molecule has 0 aromatic heterocycles. The van der Waals surface area contributed by atoms with Gasteiger partial charge in [0.1, 0.15) is 5.54 Å². The molecule has 2 N–H and O–H groups in total. The van der Waals surface area contributed by atoms with Gasteiger partial charge in [-0.3, -0.25) is 0 Å². The van der Waals surface area contributed by atoms with Crippen LogP contribution < -0.4 is 5.32 Å². The summed E-state index contributed by atoms with van der Waals surface area (Å²) in [5, 5.41) is 12.8. The number of halogens is 1. The zero-order valence-electron chi connectivity index (χ0n) is 12.1. The van der Waals surface area contributed by atoms with Crippen LogP contribution >= 0.6 is 15.9 Å². The molecule has 0 saturated carbocycles. The van der Waals surface area contributed by atoms with E-state index in [9.17, 15) is 9.90 Å². The Bertz CT molecular complexity index is 642. The second-order valence-electron chi connectivity index (χ2n) is 5.38. The number of anilines is 1. The fraction of sp³-hybridized carbons (Fsp3) is 0.235. The minimum atomic E-state index is -1.06. The van der Waals surface area contributed by atoms with Gasteiger partial charge in [0.15, 0.2) is 0 Å². The third-order valence-electron chi connectivity index (χ3n) is 3.47. The minimum absolute atomic E-state index is 0.415. The highest BCUT2D eigenvalue weighted by Crippen LogP contribution is 2.25. The third kappa shape index (κ3) is 3.85. The average Bonchev–Trinajstić information content (AvgIpc) is 2.43. The summed E-state index contributed by atoms with van der Waals surface area (Å²) in [5.74, 6) is -0.867. The van der Waals surface area contributed by atoms with Crippen LogP contribution in [0, 0.1) is 6.92 Å². The van der Waals surface area contributed by atoms with Crippen molar-refractivity contribution >= 4 is 27.6 Å². The molecule has 0 spiro atoms. The van der Waals surface area contributed by atoms with Crippen molar-refractivity contribution in [3.63, 3.8) is 0 Å². The van der Waals surface area contributed by atoms with E-state index in [-0.39, 0.29) is 0 Å². The van der Waals surface area contributed by atoms with Crippen LogP contribution in [0.3, 0.4) is 0 Å². The first-order valence-electron chi connectivity index (χ1n) is 6.72. The number of hydrogen-bond donors (Lipinski definition) is 2. The summed E-state index contributed by atoms with van der Waals surface area (Å²) < 4.78 is 0.977. The highest BCUT2D eigenvalue weighted by atomic mass is 79.9. The molecule has 0 saturated heterocycles. The van der Waals surface area contributed by atoms with Crippen LogP contribution in [0.5, 0.6) is 0 Å². The Labute approximate surface area is 133 Å². The van der Waals surface area contributed by atoms with Crippen LogP contribution in [0.4, 0.5) is 5.69 Å².